The second kappa shape index (κ2) is 7.59. The summed E-state index contributed by atoms with van der Waals surface area (Å²) in [6.07, 6.45) is 5.41. The fourth-order valence-corrected chi connectivity index (χ4v) is 2.87. The fraction of sp³-hybridized carbons (Fsp3) is 0.750. The van der Waals surface area contributed by atoms with Crippen molar-refractivity contribution in [2.24, 2.45) is 5.92 Å². The molecule has 2 heterocycles. The van der Waals surface area contributed by atoms with Crippen molar-refractivity contribution in [1.29, 1.82) is 0 Å². The molecular formula is C16H28N4O. The molecule has 0 bridgehead atoms. The van der Waals surface area contributed by atoms with Gasteiger partial charge in [0.1, 0.15) is 0 Å². The van der Waals surface area contributed by atoms with Crippen molar-refractivity contribution >= 4 is 5.69 Å². The van der Waals surface area contributed by atoms with Gasteiger partial charge in [0.25, 0.3) is 5.56 Å². The highest BCUT2D eigenvalue weighted by atomic mass is 16.1. The molecule has 2 atom stereocenters. The van der Waals surface area contributed by atoms with E-state index in [0.29, 0.717) is 12.5 Å². The summed E-state index contributed by atoms with van der Waals surface area (Å²) in [7, 11) is 0. The van der Waals surface area contributed by atoms with Gasteiger partial charge in [0.15, 0.2) is 0 Å². The van der Waals surface area contributed by atoms with Crippen LogP contribution in [0.15, 0.2) is 17.1 Å². The average Bonchev–Trinajstić information content (AvgIpc) is 2.47. The predicted octanol–water partition coefficient (Wildman–Crippen LogP) is 1.87. The standard InChI is InChI=1S/C16H28N4O/c1-4-7-17-14(3)12-20-16(21)9-15(10-18-20)19-8-5-6-13(2)11-19/h9-10,13-14,17H,4-8,11-12H2,1-3H3. The smallest absolute Gasteiger partial charge is 0.268 e. The highest BCUT2D eigenvalue weighted by molar-refractivity contribution is 5.43. The van der Waals surface area contributed by atoms with Gasteiger partial charge in [-0.1, -0.05) is 13.8 Å². The summed E-state index contributed by atoms with van der Waals surface area (Å²) in [6, 6.07) is 1.99. The SMILES string of the molecule is CCCNC(C)Cn1ncc(N2CCCC(C)C2)cc1=O. The van der Waals surface area contributed by atoms with Crippen LogP contribution in [0, 0.1) is 5.92 Å². The molecule has 2 rings (SSSR count). The molecule has 0 saturated carbocycles. The van der Waals surface area contributed by atoms with E-state index in [9.17, 15) is 4.79 Å². The highest BCUT2D eigenvalue weighted by Crippen LogP contribution is 2.20. The number of nitrogens with one attached hydrogen (secondary N) is 1. The minimum Gasteiger partial charge on any atom is -0.370 e. The maximum Gasteiger partial charge on any atom is 0.268 e. The first-order chi connectivity index (χ1) is 10.1. The molecule has 1 aliphatic rings. The van der Waals surface area contributed by atoms with Gasteiger partial charge >= 0.3 is 0 Å². The molecule has 1 saturated heterocycles. The van der Waals surface area contributed by atoms with Crippen LogP contribution in [0.1, 0.15) is 40.0 Å². The summed E-state index contributed by atoms with van der Waals surface area (Å²) in [5.41, 5.74) is 0.966. The molecule has 1 N–H and O–H groups in total. The third-order valence-electron chi connectivity index (χ3n) is 4.07. The number of nitrogens with zero attached hydrogens (tertiary/aromatic N) is 3. The van der Waals surface area contributed by atoms with E-state index in [2.05, 4.69) is 36.1 Å². The second-order valence-corrected chi connectivity index (χ2v) is 6.28. The number of piperidine rings is 1. The zero-order valence-electron chi connectivity index (χ0n) is 13.5. The molecule has 118 valence electrons. The number of hydrogen-bond acceptors (Lipinski definition) is 4. The molecule has 1 aliphatic heterocycles. The summed E-state index contributed by atoms with van der Waals surface area (Å²) in [4.78, 5) is 14.5. The molecule has 1 aromatic rings. The summed E-state index contributed by atoms with van der Waals surface area (Å²) in [5.74, 6) is 0.694. The molecule has 0 spiro atoms. The van der Waals surface area contributed by atoms with Crippen LogP contribution in [0.25, 0.3) is 0 Å². The van der Waals surface area contributed by atoms with E-state index in [1.54, 1.807) is 10.7 Å². The van der Waals surface area contributed by atoms with Gasteiger partial charge in [0, 0.05) is 25.2 Å². The van der Waals surface area contributed by atoms with Crippen LogP contribution < -0.4 is 15.8 Å². The van der Waals surface area contributed by atoms with Gasteiger partial charge in [0.2, 0.25) is 0 Å². The molecule has 2 unspecified atom stereocenters. The Hall–Kier alpha value is -1.36. The Labute approximate surface area is 127 Å². The lowest BCUT2D eigenvalue weighted by Gasteiger charge is -2.32. The predicted molar refractivity (Wildman–Crippen MR) is 86.9 cm³/mol. The maximum absolute atomic E-state index is 12.2. The van der Waals surface area contributed by atoms with E-state index in [1.165, 1.54) is 12.8 Å². The monoisotopic (exact) mass is 292 g/mol. The van der Waals surface area contributed by atoms with E-state index in [0.717, 1.165) is 31.7 Å². The molecule has 1 aromatic heterocycles. The highest BCUT2D eigenvalue weighted by Gasteiger charge is 2.17. The van der Waals surface area contributed by atoms with E-state index < -0.39 is 0 Å². The second-order valence-electron chi connectivity index (χ2n) is 6.28. The molecule has 0 amide bonds. The molecule has 5 nitrogen and oxygen atoms in total. The van der Waals surface area contributed by atoms with Crippen molar-refractivity contribution in [3.8, 4) is 0 Å². The van der Waals surface area contributed by atoms with E-state index in [-0.39, 0.29) is 11.6 Å². The molecule has 0 aromatic carbocycles. The Morgan fingerprint density at radius 1 is 1.52 bits per heavy atom. The third kappa shape index (κ3) is 4.56. The molecule has 21 heavy (non-hydrogen) atoms. The molecular weight excluding hydrogens is 264 g/mol. The van der Waals surface area contributed by atoms with Crippen LogP contribution >= 0.6 is 0 Å². The fourth-order valence-electron chi connectivity index (χ4n) is 2.87. The van der Waals surface area contributed by atoms with E-state index in [1.807, 2.05) is 6.20 Å². The summed E-state index contributed by atoms with van der Waals surface area (Å²) >= 11 is 0. The van der Waals surface area contributed by atoms with Crippen molar-refractivity contribution in [2.75, 3.05) is 24.5 Å². The maximum atomic E-state index is 12.2. The lowest BCUT2D eigenvalue weighted by Crippen LogP contribution is -2.38. The van der Waals surface area contributed by atoms with E-state index >= 15 is 0 Å². The average molecular weight is 292 g/mol. The summed E-state index contributed by atoms with van der Waals surface area (Å²) < 4.78 is 1.56. The van der Waals surface area contributed by atoms with Crippen LogP contribution in [0.5, 0.6) is 0 Å². The van der Waals surface area contributed by atoms with Gasteiger partial charge in [-0.15, -0.1) is 0 Å². The van der Waals surface area contributed by atoms with Gasteiger partial charge in [-0.2, -0.15) is 5.10 Å². The number of anilines is 1. The molecule has 0 radical (unpaired) electrons. The number of hydrogen-bond donors (Lipinski definition) is 1. The van der Waals surface area contributed by atoms with Crippen LogP contribution in [0.3, 0.4) is 0 Å². The van der Waals surface area contributed by atoms with Crippen molar-refractivity contribution in [1.82, 2.24) is 15.1 Å². The molecule has 0 aliphatic carbocycles. The van der Waals surface area contributed by atoms with Gasteiger partial charge in [-0.05, 0) is 38.6 Å². The van der Waals surface area contributed by atoms with Gasteiger partial charge < -0.3 is 10.2 Å². The van der Waals surface area contributed by atoms with Crippen LogP contribution in [-0.4, -0.2) is 35.5 Å². The van der Waals surface area contributed by atoms with Gasteiger partial charge in [-0.25, -0.2) is 4.68 Å². The first-order valence-corrected chi connectivity index (χ1v) is 8.15. The lowest BCUT2D eigenvalue weighted by molar-refractivity contribution is 0.433. The normalized spacial score (nSPS) is 20.5. The Bertz CT molecular complexity index is 499. The first-order valence-electron chi connectivity index (χ1n) is 8.15. The van der Waals surface area contributed by atoms with Crippen LogP contribution in [-0.2, 0) is 6.54 Å². The first kappa shape index (κ1) is 16.0. The molecule has 5 heteroatoms. The Balaban J connectivity index is 2.01. The van der Waals surface area contributed by atoms with Crippen LogP contribution in [0.4, 0.5) is 5.69 Å². The van der Waals surface area contributed by atoms with E-state index in [4.69, 9.17) is 0 Å². The quantitative estimate of drug-likeness (QED) is 0.869. The third-order valence-corrected chi connectivity index (χ3v) is 4.07. The van der Waals surface area contributed by atoms with Crippen molar-refractivity contribution < 1.29 is 0 Å². The summed E-state index contributed by atoms with van der Waals surface area (Å²) in [6.45, 7) is 10.1. The summed E-state index contributed by atoms with van der Waals surface area (Å²) in [5, 5.41) is 7.73. The lowest BCUT2D eigenvalue weighted by atomic mass is 10.00. The minimum atomic E-state index is -0.00382. The number of rotatable bonds is 6. The van der Waals surface area contributed by atoms with Crippen molar-refractivity contribution in [2.45, 2.75) is 52.6 Å². The minimum absolute atomic E-state index is 0.00382. The number of aromatic nitrogens is 2. The van der Waals surface area contributed by atoms with Gasteiger partial charge in [-0.3, -0.25) is 4.79 Å². The van der Waals surface area contributed by atoms with Crippen molar-refractivity contribution in [3.63, 3.8) is 0 Å². The Kier molecular flexibility index (Phi) is 5.79. The van der Waals surface area contributed by atoms with Gasteiger partial charge in [0.05, 0.1) is 18.4 Å². The van der Waals surface area contributed by atoms with Crippen LogP contribution in [0.2, 0.25) is 0 Å². The largest absolute Gasteiger partial charge is 0.370 e. The Morgan fingerprint density at radius 2 is 2.33 bits per heavy atom. The molecule has 1 fully saturated rings. The van der Waals surface area contributed by atoms with Crippen molar-refractivity contribution in [3.05, 3.63) is 22.6 Å². The zero-order valence-corrected chi connectivity index (χ0v) is 13.5. The Morgan fingerprint density at radius 3 is 3.00 bits per heavy atom. The topological polar surface area (TPSA) is 50.2 Å². The zero-order chi connectivity index (χ0) is 15.2.